The minimum atomic E-state index is -1.17. The third-order valence-electron chi connectivity index (χ3n) is 3.13. The normalized spacial score (nSPS) is 10.6. The van der Waals surface area contributed by atoms with Crippen LogP contribution in [0.2, 0.25) is 0 Å². The van der Waals surface area contributed by atoms with Crippen molar-refractivity contribution in [3.63, 3.8) is 0 Å². The Balaban J connectivity index is 0.000000280. The molecule has 8 nitrogen and oxygen atoms in total. The summed E-state index contributed by atoms with van der Waals surface area (Å²) < 4.78 is 0. The monoisotopic (exact) mass is 378 g/mol. The topological polar surface area (TPSA) is 163 Å². The first-order valence-corrected chi connectivity index (χ1v) is 7.55. The molecule has 0 spiro atoms. The average molecular weight is 378 g/mol. The molecule has 0 aliphatic heterocycles. The molecule has 28 heavy (non-hydrogen) atoms. The van der Waals surface area contributed by atoms with Crippen molar-refractivity contribution in [2.75, 3.05) is 0 Å². The van der Waals surface area contributed by atoms with Crippen molar-refractivity contribution in [2.24, 2.45) is 0 Å². The molecular weight excluding hydrogens is 364 g/mol. The lowest BCUT2D eigenvalue weighted by Gasteiger charge is -1.97. The van der Waals surface area contributed by atoms with E-state index in [1.165, 1.54) is 48.5 Å². The quantitative estimate of drug-likeness (QED) is 0.466. The molecular formula is C20H14N2O6. The number of nitriles is 2. The molecule has 0 aliphatic carbocycles. The highest BCUT2D eigenvalue weighted by molar-refractivity contribution is 5.94. The maximum atomic E-state index is 10.3. The smallest absolute Gasteiger partial charge is 0.329 e. The van der Waals surface area contributed by atoms with Gasteiger partial charge in [-0.2, -0.15) is 10.5 Å². The van der Waals surface area contributed by atoms with E-state index in [1.807, 2.05) is 0 Å². The second-order valence-electron chi connectivity index (χ2n) is 5.11. The molecule has 0 bridgehead atoms. The molecule has 0 heterocycles. The number of rotatable bonds is 4. The summed E-state index contributed by atoms with van der Waals surface area (Å²) in [5.41, 5.74) is 1.04. The van der Waals surface area contributed by atoms with E-state index in [-0.39, 0.29) is 22.6 Å². The molecule has 4 N–H and O–H groups in total. The number of phenols is 2. The number of hydrogen-bond acceptors (Lipinski definition) is 6. The van der Waals surface area contributed by atoms with Crippen LogP contribution in [0.1, 0.15) is 11.1 Å². The molecule has 0 saturated heterocycles. The number of nitrogens with zero attached hydrogens (tertiary/aromatic N) is 2. The SMILES string of the molecule is N#CC(=CC(=O)O)c1ccc(O)cc1.N#CC(=CC(=O)O)c1ccc(O)cc1. The van der Waals surface area contributed by atoms with E-state index in [0.29, 0.717) is 11.1 Å². The molecule has 0 radical (unpaired) electrons. The second-order valence-corrected chi connectivity index (χ2v) is 5.11. The molecule has 0 amide bonds. The van der Waals surface area contributed by atoms with E-state index in [4.69, 9.17) is 30.9 Å². The fourth-order valence-electron chi connectivity index (χ4n) is 1.89. The van der Waals surface area contributed by atoms with E-state index in [2.05, 4.69) is 0 Å². The van der Waals surface area contributed by atoms with Crippen molar-refractivity contribution in [1.29, 1.82) is 10.5 Å². The van der Waals surface area contributed by atoms with Crippen LogP contribution in [-0.2, 0) is 9.59 Å². The molecule has 0 aromatic heterocycles. The first-order chi connectivity index (χ1) is 13.3. The van der Waals surface area contributed by atoms with Gasteiger partial charge in [-0.15, -0.1) is 0 Å². The molecule has 0 aliphatic rings. The lowest BCUT2D eigenvalue weighted by molar-refractivity contribution is -0.132. The Hall–Kier alpha value is -4.56. The van der Waals surface area contributed by atoms with Crippen molar-refractivity contribution >= 4 is 23.1 Å². The minimum Gasteiger partial charge on any atom is -0.508 e. The van der Waals surface area contributed by atoms with Gasteiger partial charge in [-0.1, -0.05) is 0 Å². The summed E-state index contributed by atoms with van der Waals surface area (Å²) in [6, 6.07) is 15.0. The standard InChI is InChI=1S/2C10H7NO3/c2*11-6-8(5-10(13)14)7-1-3-9(12)4-2-7/h2*1-5,12H,(H,13,14). The largest absolute Gasteiger partial charge is 0.508 e. The Morgan fingerprint density at radius 1 is 0.679 bits per heavy atom. The highest BCUT2D eigenvalue weighted by Crippen LogP contribution is 2.17. The number of aromatic hydroxyl groups is 2. The predicted octanol–water partition coefficient (Wildman–Crippen LogP) is 2.77. The summed E-state index contributed by atoms with van der Waals surface area (Å²) in [5, 5.41) is 52.2. The molecule has 2 rings (SSSR count). The zero-order valence-corrected chi connectivity index (χ0v) is 14.3. The summed E-state index contributed by atoms with van der Waals surface area (Å²) in [6.45, 7) is 0. The lowest BCUT2D eigenvalue weighted by atomic mass is 10.1. The number of phenolic OH excluding ortho intramolecular Hbond substituents is 2. The lowest BCUT2D eigenvalue weighted by Crippen LogP contribution is -1.90. The fourth-order valence-corrected chi connectivity index (χ4v) is 1.89. The van der Waals surface area contributed by atoms with Gasteiger partial charge in [0.05, 0.1) is 11.1 Å². The zero-order valence-electron chi connectivity index (χ0n) is 14.3. The molecule has 8 heteroatoms. The van der Waals surface area contributed by atoms with E-state index in [0.717, 1.165) is 12.2 Å². The Kier molecular flexibility index (Phi) is 8.01. The molecule has 0 unspecified atom stereocenters. The van der Waals surface area contributed by atoms with Gasteiger partial charge in [0, 0.05) is 12.2 Å². The van der Waals surface area contributed by atoms with Crippen LogP contribution < -0.4 is 0 Å². The van der Waals surface area contributed by atoms with Gasteiger partial charge in [0.25, 0.3) is 0 Å². The van der Waals surface area contributed by atoms with Crippen LogP contribution >= 0.6 is 0 Å². The molecule has 0 saturated carbocycles. The Labute approximate surface area is 159 Å². The molecule has 0 fully saturated rings. The van der Waals surface area contributed by atoms with Crippen molar-refractivity contribution in [2.45, 2.75) is 0 Å². The number of allylic oxidation sites excluding steroid dienone is 2. The van der Waals surface area contributed by atoms with Gasteiger partial charge in [0.2, 0.25) is 0 Å². The summed E-state index contributed by atoms with van der Waals surface area (Å²) >= 11 is 0. The maximum absolute atomic E-state index is 10.3. The summed E-state index contributed by atoms with van der Waals surface area (Å²) in [7, 11) is 0. The predicted molar refractivity (Wildman–Crippen MR) is 98.7 cm³/mol. The third kappa shape index (κ3) is 7.13. The van der Waals surface area contributed by atoms with Crippen molar-refractivity contribution < 1.29 is 30.0 Å². The van der Waals surface area contributed by atoms with Crippen molar-refractivity contribution in [3.8, 4) is 23.6 Å². The number of carboxylic acids is 2. The number of aliphatic carboxylic acids is 2. The highest BCUT2D eigenvalue weighted by atomic mass is 16.4. The average Bonchev–Trinajstić information content (AvgIpc) is 2.66. The minimum absolute atomic E-state index is 0.0532. The fraction of sp³-hybridized carbons (Fsp3) is 0. The first kappa shape index (κ1) is 21.5. The number of carbonyl (C=O) groups is 2. The van der Waals surface area contributed by atoms with E-state index >= 15 is 0 Å². The Morgan fingerprint density at radius 2 is 0.964 bits per heavy atom. The van der Waals surface area contributed by atoms with Gasteiger partial charge < -0.3 is 20.4 Å². The van der Waals surface area contributed by atoms with Crippen LogP contribution in [0.15, 0.2) is 60.7 Å². The Morgan fingerprint density at radius 3 is 1.18 bits per heavy atom. The van der Waals surface area contributed by atoms with Crippen molar-refractivity contribution in [3.05, 3.63) is 71.8 Å². The molecule has 2 aromatic carbocycles. The van der Waals surface area contributed by atoms with Crippen LogP contribution in [-0.4, -0.2) is 32.4 Å². The van der Waals surface area contributed by atoms with Crippen molar-refractivity contribution in [1.82, 2.24) is 0 Å². The van der Waals surface area contributed by atoms with Gasteiger partial charge in [-0.25, -0.2) is 9.59 Å². The van der Waals surface area contributed by atoms with Crippen LogP contribution in [0.25, 0.3) is 11.1 Å². The zero-order chi connectivity index (χ0) is 21.1. The van der Waals surface area contributed by atoms with Crippen LogP contribution in [0.5, 0.6) is 11.5 Å². The molecule has 140 valence electrons. The van der Waals surface area contributed by atoms with Gasteiger partial charge in [-0.05, 0) is 59.7 Å². The van der Waals surface area contributed by atoms with Gasteiger partial charge in [0.15, 0.2) is 0 Å². The van der Waals surface area contributed by atoms with Crippen LogP contribution in [0.3, 0.4) is 0 Å². The van der Waals surface area contributed by atoms with E-state index in [9.17, 15) is 9.59 Å². The maximum Gasteiger partial charge on any atom is 0.329 e. The molecule has 0 atom stereocenters. The second kappa shape index (κ2) is 10.4. The van der Waals surface area contributed by atoms with Crippen LogP contribution in [0, 0.1) is 22.7 Å². The van der Waals surface area contributed by atoms with Gasteiger partial charge in [-0.3, -0.25) is 0 Å². The van der Waals surface area contributed by atoms with Gasteiger partial charge >= 0.3 is 11.9 Å². The van der Waals surface area contributed by atoms with Gasteiger partial charge in [0.1, 0.15) is 23.6 Å². The summed E-state index contributed by atoms with van der Waals surface area (Å²) in [4.78, 5) is 20.7. The van der Waals surface area contributed by atoms with E-state index < -0.39 is 11.9 Å². The molecule has 2 aromatic rings. The number of benzene rings is 2. The summed E-state index contributed by atoms with van der Waals surface area (Å²) in [5.74, 6) is -2.20. The number of carboxylic acid groups (broad SMARTS) is 2. The highest BCUT2D eigenvalue weighted by Gasteiger charge is 2.03. The summed E-state index contributed by atoms with van der Waals surface area (Å²) in [6.07, 6.45) is 1.65. The number of hydrogen-bond donors (Lipinski definition) is 4. The van der Waals surface area contributed by atoms with Crippen LogP contribution in [0.4, 0.5) is 0 Å². The van der Waals surface area contributed by atoms with E-state index in [1.54, 1.807) is 12.1 Å². The first-order valence-electron chi connectivity index (χ1n) is 7.55. The third-order valence-corrected chi connectivity index (χ3v) is 3.13. The Bertz CT molecular complexity index is 907.